The number of aromatic nitrogens is 4. The quantitative estimate of drug-likeness (QED) is 0.260. The maximum atomic E-state index is 11.9. The number of hydrogen-bond acceptors (Lipinski definition) is 10. The number of imidazole rings is 1. The van der Waals surface area contributed by atoms with Crippen LogP contribution in [0, 0.1) is 0 Å². The van der Waals surface area contributed by atoms with Crippen molar-refractivity contribution in [2.45, 2.75) is 56.1 Å². The van der Waals surface area contributed by atoms with Crippen LogP contribution in [0.15, 0.2) is 6.20 Å². The van der Waals surface area contributed by atoms with E-state index in [1.165, 1.54) is 10.7 Å². The standard InChI is InChI=1S/C16H24ClN5O9P2/c17-16-20-14(19-8-3-1-2-4-8)15-18-5-9(22(15)21-16)13-12(24)11(23)10(31-13)6-30-33(28,29)7-32(25,26)27/h5,8,10-13,23-24H,1-4,6-7H2,(H,28,29)(H,19,20,21)(H2,25,26,27). The summed E-state index contributed by atoms with van der Waals surface area (Å²) in [7, 11) is -9.47. The van der Waals surface area contributed by atoms with Gasteiger partial charge in [0.2, 0.25) is 5.28 Å². The zero-order valence-electron chi connectivity index (χ0n) is 17.1. The van der Waals surface area contributed by atoms with Gasteiger partial charge in [-0.1, -0.05) is 12.8 Å². The Morgan fingerprint density at radius 1 is 1.21 bits per heavy atom. The third-order valence-corrected chi connectivity index (χ3v) is 9.13. The van der Waals surface area contributed by atoms with Crippen LogP contribution in [0.5, 0.6) is 0 Å². The minimum absolute atomic E-state index is 0.0752. The molecule has 1 aliphatic carbocycles. The zero-order valence-corrected chi connectivity index (χ0v) is 19.7. The minimum Gasteiger partial charge on any atom is -0.387 e. The minimum atomic E-state index is -4.81. The van der Waals surface area contributed by atoms with Gasteiger partial charge < -0.3 is 39.5 Å². The molecule has 1 aliphatic heterocycles. The van der Waals surface area contributed by atoms with Gasteiger partial charge in [-0.25, -0.2) is 9.50 Å². The first-order chi connectivity index (χ1) is 15.4. The predicted octanol–water partition coefficient (Wildman–Crippen LogP) is 0.631. The number of aliphatic hydroxyl groups is 2. The molecule has 0 aromatic carbocycles. The monoisotopic (exact) mass is 527 g/mol. The molecule has 0 spiro atoms. The van der Waals surface area contributed by atoms with Crippen molar-refractivity contribution in [3.05, 3.63) is 17.2 Å². The highest BCUT2D eigenvalue weighted by Gasteiger charge is 2.46. The van der Waals surface area contributed by atoms with Crippen molar-refractivity contribution in [3.8, 4) is 0 Å². The van der Waals surface area contributed by atoms with E-state index in [-0.39, 0.29) is 17.0 Å². The van der Waals surface area contributed by atoms with Gasteiger partial charge in [0.05, 0.1) is 18.5 Å². The summed E-state index contributed by atoms with van der Waals surface area (Å²) in [6.07, 6.45) is 0.148. The number of ether oxygens (including phenoxy) is 1. The van der Waals surface area contributed by atoms with Crippen LogP contribution in [0.1, 0.15) is 37.5 Å². The summed E-state index contributed by atoms with van der Waals surface area (Å²) in [6, 6.07) is 0.221. The number of hydrogen-bond donors (Lipinski definition) is 6. The molecule has 1 saturated heterocycles. The summed E-state index contributed by atoms with van der Waals surface area (Å²) in [5, 5.41) is 28.2. The molecule has 0 bridgehead atoms. The molecule has 5 atom stereocenters. The van der Waals surface area contributed by atoms with E-state index >= 15 is 0 Å². The van der Waals surface area contributed by atoms with Crippen LogP contribution in [0.2, 0.25) is 5.28 Å². The number of nitrogens with one attached hydrogen (secondary N) is 1. The van der Waals surface area contributed by atoms with Crippen molar-refractivity contribution in [2.75, 3.05) is 17.8 Å². The Bertz CT molecular complexity index is 1110. The van der Waals surface area contributed by atoms with Crippen molar-refractivity contribution >= 4 is 38.3 Å². The third kappa shape index (κ3) is 5.73. The molecule has 2 aromatic heterocycles. The normalized spacial score (nSPS) is 28.4. The Hall–Kier alpha value is -1.18. The van der Waals surface area contributed by atoms with Crippen molar-refractivity contribution in [1.29, 1.82) is 0 Å². The average Bonchev–Trinajstić information content (AvgIpc) is 3.40. The van der Waals surface area contributed by atoms with Crippen LogP contribution in [-0.4, -0.2) is 81.3 Å². The van der Waals surface area contributed by atoms with Gasteiger partial charge in [-0.15, -0.1) is 5.10 Å². The molecule has 5 unspecified atom stereocenters. The van der Waals surface area contributed by atoms with Crippen molar-refractivity contribution < 1.29 is 43.3 Å². The molecule has 0 radical (unpaired) electrons. The second-order valence-electron chi connectivity index (χ2n) is 8.09. The van der Waals surface area contributed by atoms with Crippen LogP contribution in [0.25, 0.3) is 5.65 Å². The third-order valence-electron chi connectivity index (χ3n) is 5.52. The van der Waals surface area contributed by atoms with Gasteiger partial charge in [0.15, 0.2) is 17.4 Å². The SMILES string of the molecule is O=P(O)(O)CP(=O)(O)OCC1OC(c2cnc3c(NC4CCCC4)nc(Cl)nn23)C(O)C1O. The molecule has 33 heavy (non-hydrogen) atoms. The van der Waals surface area contributed by atoms with Crippen LogP contribution in [0.4, 0.5) is 5.82 Å². The van der Waals surface area contributed by atoms with Gasteiger partial charge in [0.25, 0.3) is 0 Å². The maximum absolute atomic E-state index is 11.9. The molecule has 14 nitrogen and oxygen atoms in total. The van der Waals surface area contributed by atoms with Crippen LogP contribution in [0.3, 0.4) is 0 Å². The summed E-state index contributed by atoms with van der Waals surface area (Å²) in [4.78, 5) is 35.9. The molecule has 1 saturated carbocycles. The highest BCUT2D eigenvalue weighted by molar-refractivity contribution is 7.70. The number of fused-ring (bicyclic) bond motifs is 1. The summed E-state index contributed by atoms with van der Waals surface area (Å²) < 4.78 is 34.5. The first-order valence-corrected chi connectivity index (χ1v) is 14.1. The molecule has 6 N–H and O–H groups in total. The van der Waals surface area contributed by atoms with E-state index in [2.05, 4.69) is 20.4 Å². The molecule has 4 rings (SSSR count). The van der Waals surface area contributed by atoms with E-state index in [9.17, 15) is 24.2 Å². The summed E-state index contributed by atoms with van der Waals surface area (Å²) in [6.45, 7) is -0.691. The molecular weight excluding hydrogens is 504 g/mol. The topological polar surface area (TPSA) is 209 Å². The lowest BCUT2D eigenvalue weighted by Crippen LogP contribution is -2.33. The number of anilines is 1. The Labute approximate surface area is 192 Å². The van der Waals surface area contributed by atoms with Gasteiger partial charge in [-0.05, 0) is 24.4 Å². The highest BCUT2D eigenvalue weighted by Crippen LogP contribution is 2.55. The number of aliphatic hydroxyl groups excluding tert-OH is 2. The van der Waals surface area contributed by atoms with E-state index in [0.717, 1.165) is 25.7 Å². The van der Waals surface area contributed by atoms with E-state index in [1.807, 2.05) is 0 Å². The van der Waals surface area contributed by atoms with Gasteiger partial charge in [-0.3, -0.25) is 9.13 Å². The number of rotatable bonds is 8. The molecule has 0 amide bonds. The molecule has 184 valence electrons. The summed E-state index contributed by atoms with van der Waals surface area (Å²) in [5.41, 5.74) is 0.591. The van der Waals surface area contributed by atoms with Crippen molar-refractivity contribution in [2.24, 2.45) is 0 Å². The maximum Gasteiger partial charge on any atom is 0.340 e. The van der Waals surface area contributed by atoms with Crippen LogP contribution < -0.4 is 5.32 Å². The van der Waals surface area contributed by atoms with E-state index in [1.54, 1.807) is 0 Å². The fraction of sp³-hybridized carbons (Fsp3) is 0.688. The molecule has 17 heteroatoms. The highest BCUT2D eigenvalue weighted by atomic mass is 35.5. The molecule has 2 fully saturated rings. The molecule has 3 heterocycles. The fourth-order valence-corrected chi connectivity index (χ4v) is 6.75. The van der Waals surface area contributed by atoms with Crippen molar-refractivity contribution in [3.63, 3.8) is 0 Å². The fourth-order valence-electron chi connectivity index (χ4n) is 4.02. The molecule has 2 aromatic rings. The molecule has 2 aliphatic rings. The summed E-state index contributed by atoms with van der Waals surface area (Å²) >= 11 is 6.09. The molecular formula is C16H24ClN5O9P2. The lowest BCUT2D eigenvalue weighted by Gasteiger charge is -2.18. The second kappa shape index (κ2) is 9.46. The van der Waals surface area contributed by atoms with Gasteiger partial charge >= 0.3 is 15.2 Å². The van der Waals surface area contributed by atoms with Crippen molar-refractivity contribution in [1.82, 2.24) is 19.6 Å². The Balaban J connectivity index is 1.53. The van der Waals surface area contributed by atoms with Gasteiger partial charge in [-0.2, -0.15) is 4.98 Å². The van der Waals surface area contributed by atoms with E-state index in [4.69, 9.17) is 30.6 Å². The second-order valence-corrected chi connectivity index (χ2v) is 12.4. The Kier molecular flexibility index (Phi) is 7.15. The number of halogens is 1. The van der Waals surface area contributed by atoms with Gasteiger partial charge in [0, 0.05) is 6.04 Å². The summed E-state index contributed by atoms with van der Waals surface area (Å²) in [5.74, 6) is -0.964. The Morgan fingerprint density at radius 2 is 1.91 bits per heavy atom. The average molecular weight is 528 g/mol. The largest absolute Gasteiger partial charge is 0.387 e. The van der Waals surface area contributed by atoms with Crippen LogP contribution in [-0.2, 0) is 18.4 Å². The Morgan fingerprint density at radius 3 is 2.58 bits per heavy atom. The number of nitrogens with zero attached hydrogens (tertiary/aromatic N) is 4. The lowest BCUT2D eigenvalue weighted by molar-refractivity contribution is -0.0204. The predicted molar refractivity (Wildman–Crippen MR) is 114 cm³/mol. The van der Waals surface area contributed by atoms with E-state index < -0.39 is 52.1 Å². The first-order valence-electron chi connectivity index (χ1n) is 10.1. The first kappa shape index (κ1) is 24.9. The zero-order chi connectivity index (χ0) is 24.0. The smallest absolute Gasteiger partial charge is 0.340 e. The van der Waals surface area contributed by atoms with Crippen LogP contribution >= 0.6 is 26.8 Å². The van der Waals surface area contributed by atoms with E-state index in [0.29, 0.717) is 11.5 Å². The van der Waals surface area contributed by atoms with Gasteiger partial charge in [0.1, 0.15) is 24.4 Å². The lowest BCUT2D eigenvalue weighted by atomic mass is 10.1.